The zero-order valence-corrected chi connectivity index (χ0v) is 14.2. The zero-order chi connectivity index (χ0) is 17.6. The van der Waals surface area contributed by atoms with Crippen LogP contribution in [0, 0.1) is 0 Å². The van der Waals surface area contributed by atoms with Crippen LogP contribution in [0.1, 0.15) is 26.5 Å². The Morgan fingerprint density at radius 2 is 2.00 bits per heavy atom. The van der Waals surface area contributed by atoms with Crippen molar-refractivity contribution in [2.75, 3.05) is 18.6 Å². The van der Waals surface area contributed by atoms with Crippen LogP contribution in [0.2, 0.25) is 5.02 Å². The summed E-state index contributed by atoms with van der Waals surface area (Å²) in [5.41, 5.74) is 2.83. The summed E-state index contributed by atoms with van der Waals surface area (Å²) in [5.74, 6) is -0.333. The van der Waals surface area contributed by atoms with Gasteiger partial charge in [0.25, 0.3) is 5.91 Å². The van der Waals surface area contributed by atoms with Crippen molar-refractivity contribution >= 4 is 40.1 Å². The van der Waals surface area contributed by atoms with Crippen LogP contribution in [0.3, 0.4) is 0 Å². The number of carbonyl (C=O) groups excluding carboxylic acids is 2. The van der Waals surface area contributed by atoms with Gasteiger partial charge in [0, 0.05) is 22.6 Å². The SMILES string of the molecule is COC(=O)c1ccc2c(c1)CCN2C(=O)c1cc2cc(Cl)ccc2o1. The van der Waals surface area contributed by atoms with E-state index in [9.17, 15) is 9.59 Å². The molecule has 0 bridgehead atoms. The normalized spacial score (nSPS) is 13.1. The largest absolute Gasteiger partial charge is 0.465 e. The molecule has 0 saturated carbocycles. The van der Waals surface area contributed by atoms with E-state index in [-0.39, 0.29) is 17.6 Å². The first-order valence-corrected chi connectivity index (χ1v) is 8.17. The van der Waals surface area contributed by atoms with E-state index in [4.69, 9.17) is 20.8 Å². The maximum Gasteiger partial charge on any atom is 0.337 e. The lowest BCUT2D eigenvalue weighted by atomic mass is 10.1. The molecular weight excluding hydrogens is 342 g/mol. The Balaban J connectivity index is 1.67. The summed E-state index contributed by atoms with van der Waals surface area (Å²) in [5, 5.41) is 1.38. The van der Waals surface area contributed by atoms with Crippen LogP contribution in [0.25, 0.3) is 11.0 Å². The number of ether oxygens (including phenoxy) is 1. The van der Waals surface area contributed by atoms with Crippen molar-refractivity contribution in [1.29, 1.82) is 0 Å². The lowest BCUT2D eigenvalue weighted by molar-refractivity contribution is 0.0600. The molecule has 0 saturated heterocycles. The highest BCUT2D eigenvalue weighted by atomic mass is 35.5. The van der Waals surface area contributed by atoms with Crippen molar-refractivity contribution in [3.63, 3.8) is 0 Å². The summed E-state index contributed by atoms with van der Waals surface area (Å²) in [6.07, 6.45) is 0.679. The minimum Gasteiger partial charge on any atom is -0.465 e. The second kappa shape index (κ2) is 5.93. The maximum absolute atomic E-state index is 12.8. The van der Waals surface area contributed by atoms with Gasteiger partial charge in [0.15, 0.2) is 5.76 Å². The van der Waals surface area contributed by atoms with Gasteiger partial charge in [0.1, 0.15) is 5.58 Å². The smallest absolute Gasteiger partial charge is 0.337 e. The Morgan fingerprint density at radius 1 is 1.16 bits per heavy atom. The molecule has 0 radical (unpaired) electrons. The number of anilines is 1. The second-order valence-corrected chi connectivity index (χ2v) is 6.27. The second-order valence-electron chi connectivity index (χ2n) is 5.83. The van der Waals surface area contributed by atoms with E-state index >= 15 is 0 Å². The molecule has 5 nitrogen and oxygen atoms in total. The molecule has 2 heterocycles. The maximum atomic E-state index is 12.8. The van der Waals surface area contributed by atoms with Crippen LogP contribution in [0.5, 0.6) is 0 Å². The van der Waals surface area contributed by atoms with Gasteiger partial charge in [-0.25, -0.2) is 4.79 Å². The van der Waals surface area contributed by atoms with Gasteiger partial charge in [0.05, 0.1) is 12.7 Å². The van der Waals surface area contributed by atoms with Crippen molar-refractivity contribution in [2.45, 2.75) is 6.42 Å². The predicted molar refractivity (Wildman–Crippen MR) is 94.4 cm³/mol. The monoisotopic (exact) mass is 355 g/mol. The molecule has 1 aliphatic heterocycles. The number of benzene rings is 2. The molecule has 1 aromatic heterocycles. The topological polar surface area (TPSA) is 59.8 Å². The van der Waals surface area contributed by atoms with Gasteiger partial charge in [0.2, 0.25) is 0 Å². The Bertz CT molecular complexity index is 1010. The number of nitrogens with zero attached hydrogens (tertiary/aromatic N) is 1. The molecule has 0 atom stereocenters. The van der Waals surface area contributed by atoms with Gasteiger partial charge in [-0.05, 0) is 54.4 Å². The van der Waals surface area contributed by atoms with Crippen LogP contribution in [0.15, 0.2) is 46.9 Å². The van der Waals surface area contributed by atoms with E-state index in [0.717, 1.165) is 16.6 Å². The van der Waals surface area contributed by atoms with Crippen molar-refractivity contribution < 1.29 is 18.7 Å². The summed E-state index contributed by atoms with van der Waals surface area (Å²) in [7, 11) is 1.35. The van der Waals surface area contributed by atoms with E-state index in [1.165, 1.54) is 7.11 Å². The molecule has 126 valence electrons. The third-order valence-electron chi connectivity index (χ3n) is 4.33. The number of esters is 1. The molecule has 0 spiro atoms. The first kappa shape index (κ1) is 15.7. The molecule has 3 aromatic rings. The highest BCUT2D eigenvalue weighted by Gasteiger charge is 2.28. The molecule has 0 aliphatic carbocycles. The molecular formula is C19H14ClNO4. The number of hydrogen-bond acceptors (Lipinski definition) is 4. The van der Waals surface area contributed by atoms with Gasteiger partial charge in [-0.15, -0.1) is 0 Å². The third-order valence-corrected chi connectivity index (χ3v) is 4.57. The molecule has 0 fully saturated rings. The summed E-state index contributed by atoms with van der Waals surface area (Å²) in [6.45, 7) is 0.538. The Kier molecular flexibility index (Phi) is 3.73. The summed E-state index contributed by atoms with van der Waals surface area (Å²) < 4.78 is 10.4. The zero-order valence-electron chi connectivity index (χ0n) is 13.4. The van der Waals surface area contributed by atoms with Crippen molar-refractivity contribution in [3.05, 3.63) is 64.4 Å². The van der Waals surface area contributed by atoms with Crippen LogP contribution in [-0.2, 0) is 11.2 Å². The fourth-order valence-corrected chi connectivity index (χ4v) is 3.29. The van der Waals surface area contributed by atoms with Crippen molar-refractivity contribution in [3.8, 4) is 0 Å². The van der Waals surface area contributed by atoms with Crippen molar-refractivity contribution in [2.24, 2.45) is 0 Å². The summed E-state index contributed by atoms with van der Waals surface area (Å²) >= 11 is 5.98. The minimum absolute atomic E-state index is 0.211. The molecule has 2 aromatic carbocycles. The highest BCUT2D eigenvalue weighted by molar-refractivity contribution is 6.31. The third kappa shape index (κ3) is 2.66. The van der Waals surface area contributed by atoms with Crippen LogP contribution in [-0.4, -0.2) is 25.5 Å². The first-order chi connectivity index (χ1) is 12.1. The number of furan rings is 1. The molecule has 1 amide bonds. The van der Waals surface area contributed by atoms with E-state index in [0.29, 0.717) is 29.1 Å². The average molecular weight is 356 g/mol. The Labute approximate surface area is 148 Å². The Hall–Kier alpha value is -2.79. The quantitative estimate of drug-likeness (QED) is 0.650. The van der Waals surface area contributed by atoms with Crippen LogP contribution >= 0.6 is 11.6 Å². The molecule has 25 heavy (non-hydrogen) atoms. The van der Waals surface area contributed by atoms with Gasteiger partial charge >= 0.3 is 5.97 Å². The first-order valence-electron chi connectivity index (χ1n) is 7.79. The van der Waals surface area contributed by atoms with Crippen LogP contribution in [0.4, 0.5) is 5.69 Å². The van der Waals surface area contributed by atoms with E-state index in [1.54, 1.807) is 47.4 Å². The molecule has 1 aliphatic rings. The fraction of sp³-hybridized carbons (Fsp3) is 0.158. The van der Waals surface area contributed by atoms with E-state index in [1.807, 2.05) is 0 Å². The number of rotatable bonds is 2. The van der Waals surface area contributed by atoms with E-state index < -0.39 is 0 Å². The lowest BCUT2D eigenvalue weighted by Gasteiger charge is -2.15. The number of methoxy groups -OCH3 is 1. The number of halogens is 1. The number of hydrogen-bond donors (Lipinski definition) is 0. The van der Waals surface area contributed by atoms with Crippen molar-refractivity contribution in [1.82, 2.24) is 0 Å². The number of amides is 1. The van der Waals surface area contributed by atoms with Gasteiger partial charge in [-0.1, -0.05) is 11.6 Å². The Morgan fingerprint density at radius 3 is 2.80 bits per heavy atom. The minimum atomic E-state index is -0.387. The summed E-state index contributed by atoms with van der Waals surface area (Å²) in [6, 6.07) is 12.1. The van der Waals surface area contributed by atoms with E-state index in [2.05, 4.69) is 0 Å². The predicted octanol–water partition coefficient (Wildman–Crippen LogP) is 4.08. The molecule has 0 unspecified atom stereocenters. The van der Waals surface area contributed by atoms with Crippen LogP contribution < -0.4 is 4.90 Å². The van der Waals surface area contributed by atoms with Gasteiger partial charge in [-0.3, -0.25) is 4.79 Å². The fourth-order valence-electron chi connectivity index (χ4n) is 3.11. The standard InChI is InChI=1S/C19H14ClNO4/c1-24-19(23)12-2-4-15-11(8-12)6-7-21(15)18(22)17-10-13-9-14(20)3-5-16(13)25-17/h2-5,8-10H,6-7H2,1H3. The van der Waals surface area contributed by atoms with Gasteiger partial charge in [-0.2, -0.15) is 0 Å². The number of fused-ring (bicyclic) bond motifs is 2. The lowest BCUT2D eigenvalue weighted by Crippen LogP contribution is -2.28. The average Bonchev–Trinajstić information content (AvgIpc) is 3.23. The highest BCUT2D eigenvalue weighted by Crippen LogP contribution is 2.32. The molecule has 4 rings (SSSR count). The number of carbonyl (C=O) groups is 2. The molecule has 0 N–H and O–H groups in total. The summed E-state index contributed by atoms with van der Waals surface area (Å²) in [4.78, 5) is 26.2. The molecule has 6 heteroatoms. The van der Waals surface area contributed by atoms with Gasteiger partial charge < -0.3 is 14.1 Å².